The van der Waals surface area contributed by atoms with Gasteiger partial charge in [-0.15, -0.1) is 35.3 Å². The van der Waals surface area contributed by atoms with Crippen LogP contribution < -0.4 is 10.6 Å². The number of hydrogen-bond acceptors (Lipinski definition) is 4. The van der Waals surface area contributed by atoms with Gasteiger partial charge in [-0.3, -0.25) is 4.99 Å². The van der Waals surface area contributed by atoms with E-state index in [9.17, 15) is 0 Å². The standard InChI is InChI=1S/C22H33N5S.HI/c1-3-23-22(24-12-9-21-25-15-18(2)28-21)26-16-20-11-14-27(17-20)13-10-19-7-5-4-6-8-19;/h4-8,15,20H,3,9-14,16-17H2,1-2H3,(H2,23,24,26);1H. The number of thiazole rings is 1. The summed E-state index contributed by atoms with van der Waals surface area (Å²) in [6.45, 7) is 10.4. The fraction of sp³-hybridized carbons (Fsp3) is 0.545. The Morgan fingerprint density at radius 1 is 1.24 bits per heavy atom. The molecule has 1 atom stereocenters. The molecule has 0 amide bonds. The molecule has 1 unspecified atom stereocenters. The van der Waals surface area contributed by atoms with E-state index in [0.717, 1.165) is 51.5 Å². The highest BCUT2D eigenvalue weighted by molar-refractivity contribution is 14.0. The quantitative estimate of drug-likeness (QED) is 0.297. The summed E-state index contributed by atoms with van der Waals surface area (Å²) in [5.41, 5.74) is 1.43. The summed E-state index contributed by atoms with van der Waals surface area (Å²) >= 11 is 1.77. The van der Waals surface area contributed by atoms with Crippen molar-refractivity contribution in [2.24, 2.45) is 10.9 Å². The highest BCUT2D eigenvalue weighted by Gasteiger charge is 2.21. The number of aliphatic imine (C=N–C) groups is 1. The minimum atomic E-state index is 0. The number of rotatable bonds is 9. The number of guanidine groups is 1. The fourth-order valence-electron chi connectivity index (χ4n) is 3.56. The van der Waals surface area contributed by atoms with Gasteiger partial charge in [-0.1, -0.05) is 30.3 Å². The number of hydrogen-bond donors (Lipinski definition) is 2. The molecule has 7 heteroatoms. The van der Waals surface area contributed by atoms with Crippen molar-refractivity contribution in [2.45, 2.75) is 33.1 Å². The molecule has 0 saturated carbocycles. The summed E-state index contributed by atoms with van der Waals surface area (Å²) in [7, 11) is 0. The summed E-state index contributed by atoms with van der Waals surface area (Å²) in [4.78, 5) is 13.1. The molecule has 1 saturated heterocycles. The maximum Gasteiger partial charge on any atom is 0.191 e. The normalized spacial score (nSPS) is 17.2. The van der Waals surface area contributed by atoms with Crippen LogP contribution in [-0.4, -0.2) is 55.1 Å². The smallest absolute Gasteiger partial charge is 0.191 e. The van der Waals surface area contributed by atoms with E-state index < -0.39 is 0 Å². The van der Waals surface area contributed by atoms with E-state index in [0.29, 0.717) is 5.92 Å². The van der Waals surface area contributed by atoms with Crippen LogP contribution in [0.5, 0.6) is 0 Å². The Morgan fingerprint density at radius 2 is 2.07 bits per heavy atom. The van der Waals surface area contributed by atoms with Gasteiger partial charge in [-0.25, -0.2) is 4.98 Å². The highest BCUT2D eigenvalue weighted by atomic mass is 127. The van der Waals surface area contributed by atoms with E-state index in [1.165, 1.54) is 28.4 Å². The molecular formula is C22H34IN5S. The van der Waals surface area contributed by atoms with Crippen LogP contribution in [0.1, 0.15) is 28.8 Å². The molecule has 2 aromatic rings. The van der Waals surface area contributed by atoms with E-state index in [2.05, 4.69) is 64.7 Å². The van der Waals surface area contributed by atoms with Gasteiger partial charge in [0.1, 0.15) is 0 Å². The zero-order chi connectivity index (χ0) is 19.6. The maximum atomic E-state index is 4.84. The molecule has 1 fully saturated rings. The Morgan fingerprint density at radius 3 is 2.79 bits per heavy atom. The average Bonchev–Trinajstić information content (AvgIpc) is 3.34. The minimum Gasteiger partial charge on any atom is -0.357 e. The number of likely N-dealkylation sites (tertiary alicyclic amines) is 1. The summed E-state index contributed by atoms with van der Waals surface area (Å²) in [5, 5.41) is 8.00. The van der Waals surface area contributed by atoms with Crippen molar-refractivity contribution in [2.75, 3.05) is 39.3 Å². The predicted octanol–water partition coefficient (Wildman–Crippen LogP) is 3.73. The van der Waals surface area contributed by atoms with Gasteiger partial charge < -0.3 is 15.5 Å². The van der Waals surface area contributed by atoms with Crippen molar-refractivity contribution in [3.63, 3.8) is 0 Å². The monoisotopic (exact) mass is 527 g/mol. The van der Waals surface area contributed by atoms with Gasteiger partial charge in [0.15, 0.2) is 5.96 Å². The third-order valence-electron chi connectivity index (χ3n) is 5.08. The molecule has 5 nitrogen and oxygen atoms in total. The summed E-state index contributed by atoms with van der Waals surface area (Å²) in [6, 6.07) is 10.8. The van der Waals surface area contributed by atoms with E-state index in [-0.39, 0.29) is 24.0 Å². The zero-order valence-corrected chi connectivity index (χ0v) is 20.7. The lowest BCUT2D eigenvalue weighted by molar-refractivity contribution is 0.329. The molecule has 0 bridgehead atoms. The van der Waals surface area contributed by atoms with E-state index >= 15 is 0 Å². The van der Waals surface area contributed by atoms with Crippen molar-refractivity contribution in [3.8, 4) is 0 Å². The van der Waals surface area contributed by atoms with Crippen LogP contribution in [0.25, 0.3) is 0 Å². The second-order valence-electron chi connectivity index (χ2n) is 7.45. The molecule has 3 rings (SSSR count). The molecule has 0 aliphatic carbocycles. The molecule has 1 aromatic carbocycles. The first kappa shape index (κ1) is 24.1. The number of aromatic nitrogens is 1. The molecule has 1 aliphatic rings. The Labute approximate surface area is 196 Å². The first-order chi connectivity index (χ1) is 13.7. The minimum absolute atomic E-state index is 0. The van der Waals surface area contributed by atoms with Gasteiger partial charge in [-0.05, 0) is 44.7 Å². The van der Waals surface area contributed by atoms with E-state index in [4.69, 9.17) is 4.99 Å². The van der Waals surface area contributed by atoms with Crippen molar-refractivity contribution in [1.82, 2.24) is 20.5 Å². The molecule has 2 heterocycles. The molecule has 0 spiro atoms. The molecule has 2 N–H and O–H groups in total. The molecular weight excluding hydrogens is 493 g/mol. The third kappa shape index (κ3) is 8.60. The highest BCUT2D eigenvalue weighted by Crippen LogP contribution is 2.17. The maximum absolute atomic E-state index is 4.84. The number of aryl methyl sites for hydroxylation is 1. The summed E-state index contributed by atoms with van der Waals surface area (Å²) < 4.78 is 0. The molecule has 29 heavy (non-hydrogen) atoms. The first-order valence-electron chi connectivity index (χ1n) is 10.4. The van der Waals surface area contributed by atoms with Crippen molar-refractivity contribution >= 4 is 41.3 Å². The van der Waals surface area contributed by atoms with Gasteiger partial charge in [0.2, 0.25) is 0 Å². The first-order valence-corrected chi connectivity index (χ1v) is 11.2. The van der Waals surface area contributed by atoms with Crippen LogP contribution in [0.2, 0.25) is 0 Å². The van der Waals surface area contributed by atoms with Crippen LogP contribution in [0.15, 0.2) is 41.5 Å². The number of nitrogens with one attached hydrogen (secondary N) is 2. The summed E-state index contributed by atoms with van der Waals surface area (Å²) in [6.07, 6.45) is 5.27. The van der Waals surface area contributed by atoms with Crippen LogP contribution >= 0.6 is 35.3 Å². The van der Waals surface area contributed by atoms with E-state index in [1.54, 1.807) is 11.3 Å². The third-order valence-corrected chi connectivity index (χ3v) is 6.05. The predicted molar refractivity (Wildman–Crippen MR) is 135 cm³/mol. The van der Waals surface area contributed by atoms with Crippen LogP contribution in [0.4, 0.5) is 0 Å². The van der Waals surface area contributed by atoms with Gasteiger partial charge >= 0.3 is 0 Å². The molecule has 1 aliphatic heterocycles. The molecule has 0 radical (unpaired) electrons. The number of halogens is 1. The summed E-state index contributed by atoms with van der Waals surface area (Å²) in [5.74, 6) is 1.59. The second-order valence-corrected chi connectivity index (χ2v) is 8.77. The topological polar surface area (TPSA) is 52.6 Å². The van der Waals surface area contributed by atoms with Crippen LogP contribution in [0.3, 0.4) is 0 Å². The zero-order valence-electron chi connectivity index (χ0n) is 17.6. The Balaban J connectivity index is 0.00000300. The Bertz CT molecular complexity index is 734. The van der Waals surface area contributed by atoms with Crippen LogP contribution in [-0.2, 0) is 12.8 Å². The van der Waals surface area contributed by atoms with Gasteiger partial charge in [0.25, 0.3) is 0 Å². The van der Waals surface area contributed by atoms with Crippen molar-refractivity contribution in [3.05, 3.63) is 52.0 Å². The fourth-order valence-corrected chi connectivity index (χ4v) is 4.35. The second kappa shape index (κ2) is 13.2. The lowest BCUT2D eigenvalue weighted by Gasteiger charge is -2.16. The lowest BCUT2D eigenvalue weighted by Crippen LogP contribution is -2.38. The van der Waals surface area contributed by atoms with E-state index in [1.807, 2.05) is 6.20 Å². The molecule has 160 valence electrons. The van der Waals surface area contributed by atoms with Gasteiger partial charge in [-0.2, -0.15) is 0 Å². The van der Waals surface area contributed by atoms with Crippen LogP contribution in [0, 0.1) is 12.8 Å². The average molecular weight is 528 g/mol. The molecule has 1 aromatic heterocycles. The van der Waals surface area contributed by atoms with Gasteiger partial charge in [0.05, 0.1) is 5.01 Å². The largest absolute Gasteiger partial charge is 0.357 e. The lowest BCUT2D eigenvalue weighted by atomic mass is 10.1. The number of nitrogens with zero attached hydrogens (tertiary/aromatic N) is 3. The Hall–Kier alpha value is -1.19. The van der Waals surface area contributed by atoms with Gasteiger partial charge in [0, 0.05) is 50.2 Å². The van der Waals surface area contributed by atoms with Crippen molar-refractivity contribution in [1.29, 1.82) is 0 Å². The number of benzene rings is 1. The SMILES string of the molecule is CCNC(=NCC1CCN(CCc2ccccc2)C1)NCCc1ncc(C)s1.I. The Kier molecular flexibility index (Phi) is 10.9. The van der Waals surface area contributed by atoms with Crippen molar-refractivity contribution < 1.29 is 0 Å².